The predicted molar refractivity (Wildman–Crippen MR) is 112 cm³/mol. The quantitative estimate of drug-likeness (QED) is 0.630. The van der Waals surface area contributed by atoms with Gasteiger partial charge in [-0.25, -0.2) is 17.6 Å². The lowest BCUT2D eigenvalue weighted by Crippen LogP contribution is -2.20. The summed E-state index contributed by atoms with van der Waals surface area (Å²) in [6.45, 7) is 2.03. The van der Waals surface area contributed by atoms with Crippen LogP contribution >= 0.6 is 0 Å². The fraction of sp³-hybridized carbons (Fsp3) is 0.409. The molecule has 0 bridgehead atoms. The van der Waals surface area contributed by atoms with Gasteiger partial charge in [0.15, 0.2) is 0 Å². The molecule has 2 aromatic carbocycles. The van der Waals surface area contributed by atoms with Gasteiger partial charge in [0.05, 0.1) is 17.2 Å². The molecule has 31 heavy (non-hydrogen) atoms. The van der Waals surface area contributed by atoms with Gasteiger partial charge in [0.2, 0.25) is 0 Å². The fourth-order valence-corrected chi connectivity index (χ4v) is 6.02. The molecule has 2 aliphatic heterocycles. The van der Waals surface area contributed by atoms with E-state index in [2.05, 4.69) is 10.0 Å². The van der Waals surface area contributed by atoms with E-state index in [0.717, 1.165) is 37.6 Å². The molecule has 0 radical (unpaired) electrons. The Morgan fingerprint density at radius 1 is 1.29 bits per heavy atom. The maximum Gasteiger partial charge on any atom is 0.341 e. The van der Waals surface area contributed by atoms with E-state index in [1.54, 1.807) is 6.07 Å². The number of carboxylic acids is 1. The van der Waals surface area contributed by atoms with Crippen LogP contribution in [0.5, 0.6) is 5.75 Å². The molecule has 1 saturated carbocycles. The zero-order chi connectivity index (χ0) is 21.8. The van der Waals surface area contributed by atoms with Crippen LogP contribution in [0.25, 0.3) is 0 Å². The minimum absolute atomic E-state index is 0.0435. The van der Waals surface area contributed by atoms with Crippen molar-refractivity contribution in [1.82, 2.24) is 5.32 Å². The number of nitrogens with one attached hydrogen (secondary N) is 2. The summed E-state index contributed by atoms with van der Waals surface area (Å²) in [6, 6.07) is 6.80. The van der Waals surface area contributed by atoms with Crippen molar-refractivity contribution in [2.75, 3.05) is 24.4 Å². The number of anilines is 1. The highest BCUT2D eigenvalue weighted by Crippen LogP contribution is 2.55. The van der Waals surface area contributed by atoms with Crippen molar-refractivity contribution in [2.24, 2.45) is 11.8 Å². The molecule has 0 spiro atoms. The average molecular weight is 447 g/mol. The van der Waals surface area contributed by atoms with E-state index < -0.39 is 21.8 Å². The summed E-state index contributed by atoms with van der Waals surface area (Å²) >= 11 is 0. The molecule has 0 aromatic heterocycles. The molecule has 9 heteroatoms. The smallest absolute Gasteiger partial charge is 0.341 e. The van der Waals surface area contributed by atoms with E-state index in [4.69, 9.17) is 4.74 Å². The van der Waals surface area contributed by atoms with Crippen molar-refractivity contribution in [3.63, 3.8) is 0 Å². The molecule has 3 atom stereocenters. The maximum absolute atomic E-state index is 13.9. The van der Waals surface area contributed by atoms with Crippen LogP contribution in [0.4, 0.5) is 10.1 Å². The summed E-state index contributed by atoms with van der Waals surface area (Å²) in [7, 11) is -4.14. The van der Waals surface area contributed by atoms with E-state index in [9.17, 15) is 22.7 Å². The molecule has 0 amide bonds. The second kappa shape index (κ2) is 7.49. The molecule has 2 heterocycles. The van der Waals surface area contributed by atoms with Gasteiger partial charge in [0, 0.05) is 5.92 Å². The number of fused-ring (bicyclic) bond motifs is 3. The van der Waals surface area contributed by atoms with Crippen LogP contribution in [0, 0.1) is 17.7 Å². The number of sulfonamides is 1. The molecule has 164 valence electrons. The van der Waals surface area contributed by atoms with E-state index in [-0.39, 0.29) is 33.7 Å². The summed E-state index contributed by atoms with van der Waals surface area (Å²) in [5.41, 5.74) is 0.958. The zero-order valence-electron chi connectivity index (χ0n) is 16.7. The number of aromatic carboxylic acids is 1. The third-order valence-electron chi connectivity index (χ3n) is 6.39. The molecule has 2 aromatic rings. The van der Waals surface area contributed by atoms with Gasteiger partial charge in [-0.15, -0.1) is 0 Å². The number of benzene rings is 2. The Morgan fingerprint density at radius 3 is 2.87 bits per heavy atom. The number of carbonyl (C=O) groups is 1. The van der Waals surface area contributed by atoms with Gasteiger partial charge in [0.1, 0.15) is 17.1 Å². The van der Waals surface area contributed by atoms with Gasteiger partial charge in [0.25, 0.3) is 10.0 Å². The lowest BCUT2D eigenvalue weighted by molar-refractivity contribution is 0.0692. The molecular weight excluding hydrogens is 423 g/mol. The first kappa shape index (κ1) is 20.3. The van der Waals surface area contributed by atoms with E-state index in [1.165, 1.54) is 18.2 Å². The lowest BCUT2D eigenvalue weighted by atomic mass is 9.98. The van der Waals surface area contributed by atoms with Crippen molar-refractivity contribution in [1.29, 1.82) is 0 Å². The molecule has 1 saturated heterocycles. The highest BCUT2D eigenvalue weighted by atomic mass is 32.2. The summed E-state index contributed by atoms with van der Waals surface area (Å²) in [4.78, 5) is 12.0. The van der Waals surface area contributed by atoms with Crippen LogP contribution in [0.2, 0.25) is 0 Å². The SMILES string of the molecule is O=C(O)c1c(NS(=O)(=O)c2ccc(F)cc2C[C@@H]2CCNC2)ccc2c1OC[C@@H]1C[C@H]21. The summed E-state index contributed by atoms with van der Waals surface area (Å²) in [5, 5.41) is 13.0. The Kier molecular flexibility index (Phi) is 4.90. The predicted octanol–water partition coefficient (Wildman–Crippen LogP) is 2.97. The van der Waals surface area contributed by atoms with E-state index in [0.29, 0.717) is 24.5 Å². The standard InChI is InChI=1S/C22H23FN2O5S/c23-15-1-4-19(13(8-15)7-12-5-6-24-10-12)31(28,29)25-18-3-2-16-17-9-14(17)11-30-21(16)20(18)22(26)27/h1-4,8,12,14,17,24-25H,5-7,9-11H2,(H,26,27)/t12-,14-,17-/m0/s1. The van der Waals surface area contributed by atoms with E-state index in [1.807, 2.05) is 0 Å². The number of halogens is 1. The third kappa shape index (κ3) is 3.76. The number of ether oxygens (including phenoxy) is 1. The minimum atomic E-state index is -4.14. The third-order valence-corrected chi connectivity index (χ3v) is 7.86. The van der Waals surface area contributed by atoms with Crippen molar-refractivity contribution >= 4 is 21.7 Å². The van der Waals surface area contributed by atoms with Crippen LogP contribution in [0.3, 0.4) is 0 Å². The monoisotopic (exact) mass is 446 g/mol. The maximum atomic E-state index is 13.9. The summed E-state index contributed by atoms with van der Waals surface area (Å²) in [6.07, 6.45) is 2.26. The number of rotatable bonds is 6. The van der Waals surface area contributed by atoms with E-state index >= 15 is 0 Å². The second-order valence-electron chi connectivity index (χ2n) is 8.55. The van der Waals surface area contributed by atoms with Crippen LogP contribution in [-0.4, -0.2) is 39.2 Å². The van der Waals surface area contributed by atoms with Gasteiger partial charge in [-0.2, -0.15) is 0 Å². The van der Waals surface area contributed by atoms with Crippen LogP contribution in [0.15, 0.2) is 35.2 Å². The Balaban J connectivity index is 1.51. The molecule has 2 fully saturated rings. The average Bonchev–Trinajstić information content (AvgIpc) is 3.34. The van der Waals surface area contributed by atoms with Gasteiger partial charge >= 0.3 is 5.97 Å². The van der Waals surface area contributed by atoms with Crippen molar-refractivity contribution < 1.29 is 27.4 Å². The summed E-state index contributed by atoms with van der Waals surface area (Å²) in [5.74, 6) is -0.631. The molecule has 3 aliphatic rings. The lowest BCUT2D eigenvalue weighted by Gasteiger charge is -2.21. The molecular formula is C22H23FN2O5S. The molecule has 0 unspecified atom stereocenters. The largest absolute Gasteiger partial charge is 0.492 e. The fourth-order valence-electron chi connectivity index (χ4n) is 4.72. The molecule has 1 aliphatic carbocycles. The number of hydrogen-bond acceptors (Lipinski definition) is 5. The Hall–Kier alpha value is -2.65. The molecule has 3 N–H and O–H groups in total. The highest BCUT2D eigenvalue weighted by Gasteiger charge is 2.45. The van der Waals surface area contributed by atoms with Crippen LogP contribution in [-0.2, 0) is 16.4 Å². The van der Waals surface area contributed by atoms with Gasteiger partial charge < -0.3 is 15.2 Å². The zero-order valence-corrected chi connectivity index (χ0v) is 17.5. The normalized spacial score (nSPS) is 24.1. The molecule has 5 rings (SSSR count). The van der Waals surface area contributed by atoms with Crippen molar-refractivity contribution in [3.05, 3.63) is 52.8 Å². The number of carboxylic acid groups (broad SMARTS) is 1. The Morgan fingerprint density at radius 2 is 2.13 bits per heavy atom. The van der Waals surface area contributed by atoms with Crippen molar-refractivity contribution in [2.45, 2.75) is 30.1 Å². The second-order valence-corrected chi connectivity index (χ2v) is 10.2. The first-order valence-electron chi connectivity index (χ1n) is 10.4. The topological polar surface area (TPSA) is 105 Å². The van der Waals surface area contributed by atoms with Crippen LogP contribution < -0.4 is 14.8 Å². The number of hydrogen-bond donors (Lipinski definition) is 3. The summed E-state index contributed by atoms with van der Waals surface area (Å²) < 4.78 is 48.5. The minimum Gasteiger partial charge on any atom is -0.492 e. The van der Waals surface area contributed by atoms with Gasteiger partial charge in [-0.3, -0.25) is 4.72 Å². The first-order chi connectivity index (χ1) is 14.8. The van der Waals surface area contributed by atoms with Crippen LogP contribution in [0.1, 0.15) is 40.2 Å². The highest BCUT2D eigenvalue weighted by molar-refractivity contribution is 7.92. The van der Waals surface area contributed by atoms with Gasteiger partial charge in [-0.05, 0) is 79.6 Å². The van der Waals surface area contributed by atoms with Gasteiger partial charge in [-0.1, -0.05) is 6.07 Å². The first-order valence-corrected chi connectivity index (χ1v) is 11.9. The molecule has 7 nitrogen and oxygen atoms in total. The Bertz CT molecular complexity index is 1160. The Labute approximate surface area is 179 Å². The van der Waals surface area contributed by atoms with Crippen molar-refractivity contribution in [3.8, 4) is 5.75 Å².